The molecule has 5 atom stereocenters. The first-order chi connectivity index (χ1) is 25.3. The Morgan fingerprint density at radius 1 is 1.04 bits per heavy atom. The highest BCUT2D eigenvalue weighted by Gasteiger charge is 2.61. The summed E-state index contributed by atoms with van der Waals surface area (Å²) in [4.78, 5) is 83.1. The second-order valence-electron chi connectivity index (χ2n) is 15.1. The molecule has 0 bridgehead atoms. The molecule has 3 heterocycles. The Hall–Kier alpha value is -4.14. The van der Waals surface area contributed by atoms with Crippen LogP contribution in [0.25, 0.3) is 0 Å². The van der Waals surface area contributed by atoms with Crippen LogP contribution in [0, 0.1) is 17.7 Å². The van der Waals surface area contributed by atoms with Crippen molar-refractivity contribution in [2.75, 3.05) is 19.4 Å². The first-order valence-corrected chi connectivity index (χ1v) is 20.4. The number of nitrogens with zero attached hydrogens (tertiary/aromatic N) is 2. The quantitative estimate of drug-likeness (QED) is 0.259. The van der Waals surface area contributed by atoms with E-state index in [0.717, 1.165) is 12.8 Å². The van der Waals surface area contributed by atoms with E-state index in [2.05, 4.69) is 10.1 Å². The molecule has 0 radical (unpaired) electrons. The number of halogens is 1. The van der Waals surface area contributed by atoms with E-state index < -0.39 is 85.8 Å². The Bertz CT molecular complexity index is 1780. The van der Waals surface area contributed by atoms with Crippen molar-refractivity contribution < 1.29 is 51.0 Å². The maximum Gasteiger partial charge on any atom is 0.410 e. The number of Topliss-reactive ketones (excluding diaryl/α,β-unsaturated/α-hetero) is 2. The molecule has 3 fully saturated rings. The minimum absolute atomic E-state index is 0.00356. The van der Waals surface area contributed by atoms with E-state index in [-0.39, 0.29) is 63.9 Å². The standard InChI is InChI=1S/C38H48FN3O10S/c1-51-34(45)14-8-12-27(43)17-24-9-5-3-2-4-6-11-26-19-38(26,33(44)23-53(49,50)29-15-16-29)40-35(46)32-18-28(21-42(32)36(24)47)52-37(48)41-20-25-10-7-13-31(39)30(25)22-41/h6-7,10-11,13,24,26,28-29,32H,2-5,8-9,12,14-23H2,1H3,(H,40,46)/b11-6-/t24-,26-,28-,32+,38-/m1/s1. The van der Waals surface area contributed by atoms with Crippen LogP contribution in [0.3, 0.4) is 0 Å². The number of hydrogen-bond acceptors (Lipinski definition) is 10. The van der Waals surface area contributed by atoms with Gasteiger partial charge in [-0.2, -0.15) is 0 Å². The maximum atomic E-state index is 14.4. The van der Waals surface area contributed by atoms with Crippen molar-refractivity contribution in [1.82, 2.24) is 15.1 Å². The molecule has 2 aliphatic carbocycles. The summed E-state index contributed by atoms with van der Waals surface area (Å²) in [6.45, 7) is -0.0105. The highest BCUT2D eigenvalue weighted by atomic mass is 32.2. The number of amides is 3. The van der Waals surface area contributed by atoms with Gasteiger partial charge in [0.25, 0.3) is 0 Å². The van der Waals surface area contributed by atoms with E-state index in [9.17, 15) is 41.6 Å². The van der Waals surface area contributed by atoms with Crippen molar-refractivity contribution in [2.24, 2.45) is 11.8 Å². The van der Waals surface area contributed by atoms with Gasteiger partial charge in [0, 0.05) is 49.6 Å². The molecule has 1 saturated heterocycles. The molecule has 1 aromatic carbocycles. The molecule has 1 N–H and O–H groups in total. The number of sulfone groups is 1. The Morgan fingerprint density at radius 2 is 1.83 bits per heavy atom. The molecule has 6 rings (SSSR count). The highest BCUT2D eigenvalue weighted by molar-refractivity contribution is 7.93. The van der Waals surface area contributed by atoms with Crippen LogP contribution in [0.1, 0.15) is 94.6 Å². The Kier molecular flexibility index (Phi) is 11.7. The fourth-order valence-electron chi connectivity index (χ4n) is 7.86. The van der Waals surface area contributed by atoms with E-state index in [1.165, 1.54) is 23.0 Å². The van der Waals surface area contributed by atoms with Gasteiger partial charge in [0.1, 0.15) is 35.0 Å². The predicted molar refractivity (Wildman–Crippen MR) is 188 cm³/mol. The number of esters is 1. The Balaban J connectivity index is 1.23. The van der Waals surface area contributed by atoms with Crippen molar-refractivity contribution in [1.29, 1.82) is 0 Å². The molecule has 288 valence electrons. The molecule has 0 spiro atoms. The molecule has 5 aliphatic rings. The summed E-state index contributed by atoms with van der Waals surface area (Å²) in [5.74, 6) is -4.68. The van der Waals surface area contributed by atoms with Crippen LogP contribution in [0.4, 0.5) is 9.18 Å². The smallest absolute Gasteiger partial charge is 0.410 e. The fourth-order valence-corrected chi connectivity index (χ4v) is 9.58. The van der Waals surface area contributed by atoms with E-state index in [4.69, 9.17) is 4.74 Å². The third kappa shape index (κ3) is 8.98. The number of fused-ring (bicyclic) bond motifs is 3. The van der Waals surface area contributed by atoms with Crippen LogP contribution in [-0.4, -0.2) is 96.0 Å². The lowest BCUT2D eigenvalue weighted by atomic mass is 9.92. The summed E-state index contributed by atoms with van der Waals surface area (Å²) in [6, 6.07) is 3.44. The zero-order chi connectivity index (χ0) is 37.9. The highest BCUT2D eigenvalue weighted by Crippen LogP contribution is 2.47. The third-order valence-electron chi connectivity index (χ3n) is 11.2. The first kappa shape index (κ1) is 38.6. The van der Waals surface area contributed by atoms with Crippen LogP contribution in [-0.2, 0) is 56.4 Å². The van der Waals surface area contributed by atoms with Gasteiger partial charge in [0.05, 0.1) is 25.4 Å². The lowest BCUT2D eigenvalue weighted by Crippen LogP contribution is -2.54. The summed E-state index contributed by atoms with van der Waals surface area (Å²) in [7, 11) is -2.41. The number of hydrogen-bond donors (Lipinski definition) is 1. The van der Waals surface area contributed by atoms with Crippen molar-refractivity contribution in [3.8, 4) is 0 Å². The molecular weight excluding hydrogens is 709 g/mol. The number of nitrogens with one attached hydrogen (secondary N) is 1. The van der Waals surface area contributed by atoms with Gasteiger partial charge in [-0.3, -0.25) is 28.9 Å². The van der Waals surface area contributed by atoms with Crippen LogP contribution >= 0.6 is 0 Å². The second-order valence-corrected chi connectivity index (χ2v) is 17.4. The van der Waals surface area contributed by atoms with Crippen LogP contribution in [0.5, 0.6) is 0 Å². The molecule has 3 amide bonds. The molecule has 0 unspecified atom stereocenters. The van der Waals surface area contributed by atoms with Crippen molar-refractivity contribution >= 4 is 45.3 Å². The number of methoxy groups -OCH3 is 1. The monoisotopic (exact) mass is 757 g/mol. The van der Waals surface area contributed by atoms with E-state index in [1.807, 2.05) is 12.2 Å². The van der Waals surface area contributed by atoms with Gasteiger partial charge < -0.3 is 19.7 Å². The minimum atomic E-state index is -3.67. The molecule has 13 nitrogen and oxygen atoms in total. The zero-order valence-corrected chi connectivity index (χ0v) is 30.9. The van der Waals surface area contributed by atoms with Gasteiger partial charge in [0.15, 0.2) is 15.6 Å². The number of ketones is 2. The Labute approximate surface area is 308 Å². The van der Waals surface area contributed by atoms with Crippen LogP contribution < -0.4 is 5.32 Å². The van der Waals surface area contributed by atoms with Crippen molar-refractivity contribution in [2.45, 2.75) is 119 Å². The normalized spacial score (nSPS) is 28.0. The van der Waals surface area contributed by atoms with E-state index in [0.29, 0.717) is 43.2 Å². The van der Waals surface area contributed by atoms with Gasteiger partial charge in [-0.25, -0.2) is 17.6 Å². The van der Waals surface area contributed by atoms with Gasteiger partial charge >= 0.3 is 12.1 Å². The van der Waals surface area contributed by atoms with Crippen LogP contribution in [0.2, 0.25) is 0 Å². The van der Waals surface area contributed by atoms with E-state index in [1.54, 1.807) is 12.1 Å². The van der Waals surface area contributed by atoms with Gasteiger partial charge in [-0.05, 0) is 56.6 Å². The minimum Gasteiger partial charge on any atom is -0.469 e. The number of carbonyl (C=O) groups is 6. The first-order valence-electron chi connectivity index (χ1n) is 18.7. The average molecular weight is 758 g/mol. The molecule has 53 heavy (non-hydrogen) atoms. The molecular formula is C38H48FN3O10S. The topological polar surface area (TPSA) is 174 Å². The number of benzene rings is 1. The zero-order valence-electron chi connectivity index (χ0n) is 30.1. The van der Waals surface area contributed by atoms with Crippen LogP contribution in [0.15, 0.2) is 30.4 Å². The van der Waals surface area contributed by atoms with Gasteiger partial charge in [-0.15, -0.1) is 0 Å². The van der Waals surface area contributed by atoms with Gasteiger partial charge in [-0.1, -0.05) is 37.1 Å². The Morgan fingerprint density at radius 3 is 2.57 bits per heavy atom. The molecule has 2 saturated carbocycles. The molecule has 15 heteroatoms. The second kappa shape index (κ2) is 16.1. The number of carbonyl (C=O) groups excluding carboxylic acids is 6. The lowest BCUT2D eigenvalue weighted by Gasteiger charge is -2.29. The molecule has 1 aromatic rings. The van der Waals surface area contributed by atoms with Gasteiger partial charge in [0.2, 0.25) is 11.8 Å². The van der Waals surface area contributed by atoms with E-state index >= 15 is 0 Å². The summed E-state index contributed by atoms with van der Waals surface area (Å²) in [5.41, 5.74) is -0.398. The summed E-state index contributed by atoms with van der Waals surface area (Å²) in [6.07, 6.45) is 6.83. The largest absolute Gasteiger partial charge is 0.469 e. The fraction of sp³-hybridized carbons (Fsp3) is 0.632. The lowest BCUT2D eigenvalue weighted by molar-refractivity contribution is -0.144. The summed E-state index contributed by atoms with van der Waals surface area (Å²) in [5, 5.41) is 2.31. The molecule has 0 aromatic heterocycles. The van der Waals surface area contributed by atoms with Crippen molar-refractivity contribution in [3.05, 3.63) is 47.3 Å². The maximum absolute atomic E-state index is 14.4. The number of allylic oxidation sites excluding steroid dienone is 1. The summed E-state index contributed by atoms with van der Waals surface area (Å²) < 4.78 is 50.7. The number of rotatable bonds is 11. The SMILES string of the molecule is COC(=O)CCCC(=O)C[C@H]1CCCCC/C=C\[C@@H]2C[C@@]2(C(=O)CS(=O)(=O)C2CC2)NC(=O)[C@@H]2C[C@@H](OC(=O)N3Cc4cccc(F)c4C3)CN2C1=O. The number of ether oxygens (including phenoxy) is 2. The predicted octanol–water partition coefficient (Wildman–Crippen LogP) is 3.71. The third-order valence-corrected chi connectivity index (χ3v) is 13.4. The summed E-state index contributed by atoms with van der Waals surface area (Å²) >= 11 is 0. The molecule has 3 aliphatic heterocycles. The average Bonchev–Trinajstić information content (AvgIpc) is 4.00. The van der Waals surface area contributed by atoms with Crippen molar-refractivity contribution in [3.63, 3.8) is 0 Å².